The second kappa shape index (κ2) is 5.58. The lowest BCUT2D eigenvalue weighted by atomic mass is 10.1. The van der Waals surface area contributed by atoms with Gasteiger partial charge in [0.05, 0.1) is 0 Å². The molecule has 17 heavy (non-hydrogen) atoms. The SMILES string of the molecule is CCCCCNc1ccc(O)c2ccccc12. The zero-order chi connectivity index (χ0) is 12.1. The van der Waals surface area contributed by atoms with Crippen LogP contribution in [0.5, 0.6) is 5.75 Å². The number of anilines is 1. The molecule has 0 saturated heterocycles. The molecule has 0 aliphatic rings. The summed E-state index contributed by atoms with van der Waals surface area (Å²) in [6.45, 7) is 3.19. The van der Waals surface area contributed by atoms with Gasteiger partial charge in [-0.3, -0.25) is 0 Å². The maximum absolute atomic E-state index is 9.78. The first-order chi connectivity index (χ1) is 8.33. The van der Waals surface area contributed by atoms with Crippen molar-refractivity contribution >= 4 is 16.5 Å². The fourth-order valence-electron chi connectivity index (χ4n) is 2.04. The van der Waals surface area contributed by atoms with Crippen LogP contribution in [0.2, 0.25) is 0 Å². The second-order valence-corrected chi connectivity index (χ2v) is 4.31. The number of phenolic OH excluding ortho intramolecular Hbond substituents is 1. The zero-order valence-corrected chi connectivity index (χ0v) is 10.2. The minimum Gasteiger partial charge on any atom is -0.507 e. The van der Waals surface area contributed by atoms with E-state index in [2.05, 4.69) is 12.2 Å². The van der Waals surface area contributed by atoms with Gasteiger partial charge in [-0.15, -0.1) is 0 Å². The molecular weight excluding hydrogens is 210 g/mol. The number of hydrogen-bond donors (Lipinski definition) is 2. The van der Waals surface area contributed by atoms with Crippen molar-refractivity contribution in [2.45, 2.75) is 26.2 Å². The van der Waals surface area contributed by atoms with Gasteiger partial charge in [0.2, 0.25) is 0 Å². The molecule has 2 nitrogen and oxygen atoms in total. The van der Waals surface area contributed by atoms with Crippen molar-refractivity contribution in [2.75, 3.05) is 11.9 Å². The van der Waals surface area contributed by atoms with Gasteiger partial charge in [-0.25, -0.2) is 0 Å². The molecule has 2 aromatic carbocycles. The quantitative estimate of drug-likeness (QED) is 0.596. The second-order valence-electron chi connectivity index (χ2n) is 4.31. The first-order valence-corrected chi connectivity index (χ1v) is 6.27. The number of nitrogens with one attached hydrogen (secondary N) is 1. The van der Waals surface area contributed by atoms with Crippen LogP contribution in [0.1, 0.15) is 26.2 Å². The molecule has 0 fully saturated rings. The van der Waals surface area contributed by atoms with E-state index in [9.17, 15) is 5.11 Å². The summed E-state index contributed by atoms with van der Waals surface area (Å²) in [6.07, 6.45) is 3.67. The molecule has 2 aromatic rings. The normalized spacial score (nSPS) is 10.6. The van der Waals surface area contributed by atoms with Crippen LogP contribution in [0, 0.1) is 0 Å². The maximum atomic E-state index is 9.78. The predicted molar refractivity (Wildman–Crippen MR) is 73.6 cm³/mol. The molecule has 0 radical (unpaired) electrons. The van der Waals surface area contributed by atoms with Gasteiger partial charge < -0.3 is 10.4 Å². The van der Waals surface area contributed by atoms with Gasteiger partial charge in [0.25, 0.3) is 0 Å². The Balaban J connectivity index is 2.20. The van der Waals surface area contributed by atoms with Crippen molar-refractivity contribution in [2.24, 2.45) is 0 Å². The van der Waals surface area contributed by atoms with Gasteiger partial charge in [-0.1, -0.05) is 44.0 Å². The van der Waals surface area contributed by atoms with Crippen LogP contribution in [0.25, 0.3) is 10.8 Å². The third-order valence-electron chi connectivity index (χ3n) is 3.00. The van der Waals surface area contributed by atoms with Crippen LogP contribution in [-0.2, 0) is 0 Å². The van der Waals surface area contributed by atoms with E-state index in [1.54, 1.807) is 6.07 Å². The van der Waals surface area contributed by atoms with Crippen molar-refractivity contribution in [1.82, 2.24) is 0 Å². The highest BCUT2D eigenvalue weighted by Gasteiger charge is 2.03. The lowest BCUT2D eigenvalue weighted by Crippen LogP contribution is -2.01. The Labute approximate surface area is 102 Å². The Morgan fingerprint density at radius 3 is 2.53 bits per heavy atom. The highest BCUT2D eigenvalue weighted by atomic mass is 16.3. The van der Waals surface area contributed by atoms with Gasteiger partial charge in [0.15, 0.2) is 0 Å². The van der Waals surface area contributed by atoms with E-state index >= 15 is 0 Å². The molecule has 0 atom stereocenters. The molecular formula is C15H19NO. The molecule has 0 aromatic heterocycles. The van der Waals surface area contributed by atoms with E-state index in [1.165, 1.54) is 19.3 Å². The summed E-state index contributed by atoms with van der Waals surface area (Å²) in [5.41, 5.74) is 1.11. The third-order valence-corrected chi connectivity index (χ3v) is 3.00. The van der Waals surface area contributed by atoms with E-state index in [4.69, 9.17) is 0 Å². The molecule has 0 spiro atoms. The summed E-state index contributed by atoms with van der Waals surface area (Å²) in [7, 11) is 0. The Bertz CT molecular complexity index is 493. The summed E-state index contributed by atoms with van der Waals surface area (Å²) in [5.74, 6) is 0.347. The summed E-state index contributed by atoms with van der Waals surface area (Å²) in [5, 5.41) is 15.2. The number of phenols is 1. The smallest absolute Gasteiger partial charge is 0.123 e. The molecule has 0 saturated carbocycles. The molecule has 0 amide bonds. The van der Waals surface area contributed by atoms with E-state index in [0.717, 1.165) is 23.0 Å². The highest BCUT2D eigenvalue weighted by Crippen LogP contribution is 2.30. The van der Waals surface area contributed by atoms with Gasteiger partial charge in [0.1, 0.15) is 5.75 Å². The molecule has 0 bridgehead atoms. The molecule has 0 aliphatic carbocycles. The molecule has 0 heterocycles. The average molecular weight is 229 g/mol. The van der Waals surface area contributed by atoms with Crippen molar-refractivity contribution < 1.29 is 5.11 Å². The molecule has 2 rings (SSSR count). The topological polar surface area (TPSA) is 32.3 Å². The summed E-state index contributed by atoms with van der Waals surface area (Å²) in [4.78, 5) is 0. The Kier molecular flexibility index (Phi) is 3.86. The van der Waals surface area contributed by atoms with Gasteiger partial charge in [-0.05, 0) is 18.6 Å². The third kappa shape index (κ3) is 2.70. The zero-order valence-electron chi connectivity index (χ0n) is 10.2. The van der Waals surface area contributed by atoms with Gasteiger partial charge in [-0.2, -0.15) is 0 Å². The number of fused-ring (bicyclic) bond motifs is 1. The van der Waals surface area contributed by atoms with Crippen molar-refractivity contribution in [3.05, 3.63) is 36.4 Å². The fraction of sp³-hybridized carbons (Fsp3) is 0.333. The van der Waals surface area contributed by atoms with E-state index < -0.39 is 0 Å². The first kappa shape index (κ1) is 11.8. The Morgan fingerprint density at radius 2 is 1.76 bits per heavy atom. The standard InChI is InChI=1S/C15H19NO/c1-2-3-6-11-16-14-9-10-15(17)13-8-5-4-7-12(13)14/h4-5,7-10,16-17H,2-3,6,11H2,1H3. The first-order valence-electron chi connectivity index (χ1n) is 6.27. The van der Waals surface area contributed by atoms with E-state index in [0.29, 0.717) is 5.75 Å². The van der Waals surface area contributed by atoms with Gasteiger partial charge >= 0.3 is 0 Å². The molecule has 90 valence electrons. The predicted octanol–water partition coefficient (Wildman–Crippen LogP) is 4.15. The fourth-order valence-corrected chi connectivity index (χ4v) is 2.04. The number of unbranched alkanes of at least 4 members (excludes halogenated alkanes) is 2. The van der Waals surface area contributed by atoms with Crippen LogP contribution >= 0.6 is 0 Å². The van der Waals surface area contributed by atoms with Crippen LogP contribution in [-0.4, -0.2) is 11.7 Å². The number of benzene rings is 2. The molecule has 0 aliphatic heterocycles. The summed E-state index contributed by atoms with van der Waals surface area (Å²) < 4.78 is 0. The number of hydrogen-bond acceptors (Lipinski definition) is 2. The minimum atomic E-state index is 0.347. The van der Waals surface area contributed by atoms with Crippen LogP contribution in [0.15, 0.2) is 36.4 Å². The van der Waals surface area contributed by atoms with Crippen LogP contribution in [0.4, 0.5) is 5.69 Å². The van der Waals surface area contributed by atoms with Crippen molar-refractivity contribution in [3.63, 3.8) is 0 Å². The molecule has 2 heteroatoms. The van der Waals surface area contributed by atoms with E-state index in [1.807, 2.05) is 30.3 Å². The van der Waals surface area contributed by atoms with Crippen LogP contribution in [0.3, 0.4) is 0 Å². The lowest BCUT2D eigenvalue weighted by Gasteiger charge is -2.10. The molecule has 0 unspecified atom stereocenters. The lowest BCUT2D eigenvalue weighted by molar-refractivity contribution is 0.481. The van der Waals surface area contributed by atoms with Gasteiger partial charge in [0, 0.05) is 23.0 Å². The van der Waals surface area contributed by atoms with Crippen LogP contribution < -0.4 is 5.32 Å². The minimum absolute atomic E-state index is 0.347. The van der Waals surface area contributed by atoms with Crippen molar-refractivity contribution in [3.8, 4) is 5.75 Å². The molecule has 2 N–H and O–H groups in total. The number of aromatic hydroxyl groups is 1. The largest absolute Gasteiger partial charge is 0.507 e. The highest BCUT2D eigenvalue weighted by molar-refractivity contribution is 5.97. The number of rotatable bonds is 5. The van der Waals surface area contributed by atoms with E-state index in [-0.39, 0.29) is 0 Å². The average Bonchev–Trinajstić information content (AvgIpc) is 2.37. The Hall–Kier alpha value is -1.70. The summed E-state index contributed by atoms with van der Waals surface area (Å²) in [6, 6.07) is 11.6. The van der Waals surface area contributed by atoms with Crippen molar-refractivity contribution in [1.29, 1.82) is 0 Å². The Morgan fingerprint density at radius 1 is 1.00 bits per heavy atom. The maximum Gasteiger partial charge on any atom is 0.123 e. The monoisotopic (exact) mass is 229 g/mol. The summed E-state index contributed by atoms with van der Waals surface area (Å²) >= 11 is 0.